The SMILES string of the molecule is CC1CCN(CC2CCCN(C(=O)CC3CSCCN3)C2)CC1.Cl.Cl. The Hall–Kier alpha value is 0.320. The second-order valence-electron chi connectivity index (χ2n) is 7.76. The van der Waals surface area contributed by atoms with Crippen LogP contribution in [0.3, 0.4) is 0 Å². The molecule has 0 saturated carbocycles. The highest BCUT2D eigenvalue weighted by molar-refractivity contribution is 7.99. The third kappa shape index (κ3) is 7.45. The smallest absolute Gasteiger partial charge is 0.224 e. The van der Waals surface area contributed by atoms with Gasteiger partial charge < -0.3 is 15.1 Å². The predicted octanol–water partition coefficient (Wildman–Crippen LogP) is 2.90. The monoisotopic (exact) mass is 411 g/mol. The zero-order chi connectivity index (χ0) is 16.1. The van der Waals surface area contributed by atoms with E-state index in [9.17, 15) is 4.79 Å². The summed E-state index contributed by atoms with van der Waals surface area (Å²) in [6, 6.07) is 0.394. The summed E-state index contributed by atoms with van der Waals surface area (Å²) >= 11 is 1.98. The van der Waals surface area contributed by atoms with E-state index in [0.717, 1.165) is 31.3 Å². The Balaban J connectivity index is 0.00000156. The molecule has 0 aromatic carbocycles. The topological polar surface area (TPSA) is 35.6 Å². The lowest BCUT2D eigenvalue weighted by atomic mass is 9.94. The Morgan fingerprint density at radius 1 is 1.16 bits per heavy atom. The van der Waals surface area contributed by atoms with Gasteiger partial charge in [0.1, 0.15) is 0 Å². The van der Waals surface area contributed by atoms with Gasteiger partial charge in [-0.25, -0.2) is 0 Å². The highest BCUT2D eigenvalue weighted by Crippen LogP contribution is 2.22. The largest absolute Gasteiger partial charge is 0.342 e. The van der Waals surface area contributed by atoms with E-state index in [2.05, 4.69) is 22.0 Å². The van der Waals surface area contributed by atoms with Crippen LogP contribution in [-0.4, -0.2) is 72.5 Å². The van der Waals surface area contributed by atoms with Crippen LogP contribution >= 0.6 is 36.6 Å². The van der Waals surface area contributed by atoms with E-state index in [4.69, 9.17) is 0 Å². The molecule has 148 valence electrons. The summed E-state index contributed by atoms with van der Waals surface area (Å²) in [5.74, 6) is 4.24. The Morgan fingerprint density at radius 2 is 1.92 bits per heavy atom. The van der Waals surface area contributed by atoms with Crippen LogP contribution in [0.5, 0.6) is 0 Å². The van der Waals surface area contributed by atoms with Gasteiger partial charge in [-0.05, 0) is 50.6 Å². The van der Waals surface area contributed by atoms with Crippen LogP contribution in [0.2, 0.25) is 0 Å². The van der Waals surface area contributed by atoms with Gasteiger partial charge in [0.2, 0.25) is 5.91 Å². The van der Waals surface area contributed by atoms with Crippen molar-refractivity contribution in [2.45, 2.75) is 45.1 Å². The maximum atomic E-state index is 12.6. The first-order valence-corrected chi connectivity index (χ1v) is 10.7. The maximum Gasteiger partial charge on any atom is 0.224 e. The van der Waals surface area contributed by atoms with Crippen LogP contribution in [-0.2, 0) is 4.79 Å². The number of thioether (sulfide) groups is 1. The van der Waals surface area contributed by atoms with Crippen molar-refractivity contribution in [1.82, 2.24) is 15.1 Å². The third-order valence-electron chi connectivity index (χ3n) is 5.68. The number of likely N-dealkylation sites (tertiary alicyclic amines) is 2. The predicted molar refractivity (Wildman–Crippen MR) is 112 cm³/mol. The third-order valence-corrected chi connectivity index (χ3v) is 6.81. The molecule has 1 amide bonds. The van der Waals surface area contributed by atoms with Crippen molar-refractivity contribution in [3.8, 4) is 0 Å². The molecular formula is C18H35Cl2N3OS. The molecule has 0 aliphatic carbocycles. The van der Waals surface area contributed by atoms with Crippen molar-refractivity contribution < 1.29 is 4.79 Å². The van der Waals surface area contributed by atoms with Crippen molar-refractivity contribution >= 4 is 42.5 Å². The first-order chi connectivity index (χ1) is 11.2. The summed E-state index contributed by atoms with van der Waals surface area (Å²) in [6.07, 6.45) is 5.88. The Bertz CT molecular complexity index is 389. The average Bonchev–Trinajstić information content (AvgIpc) is 2.58. The van der Waals surface area contributed by atoms with E-state index in [1.807, 2.05) is 11.8 Å². The molecule has 3 saturated heterocycles. The molecule has 3 fully saturated rings. The number of hydrogen-bond acceptors (Lipinski definition) is 4. The fourth-order valence-corrected chi connectivity index (χ4v) is 5.09. The first-order valence-electron chi connectivity index (χ1n) is 9.52. The van der Waals surface area contributed by atoms with Crippen LogP contribution in [0.4, 0.5) is 0 Å². The van der Waals surface area contributed by atoms with E-state index < -0.39 is 0 Å². The number of carbonyl (C=O) groups is 1. The Morgan fingerprint density at radius 3 is 2.60 bits per heavy atom. The minimum atomic E-state index is 0. The molecule has 0 radical (unpaired) electrons. The lowest BCUT2D eigenvalue weighted by molar-refractivity contribution is -0.133. The molecule has 1 N–H and O–H groups in total. The quantitative estimate of drug-likeness (QED) is 0.770. The summed E-state index contributed by atoms with van der Waals surface area (Å²) in [7, 11) is 0. The van der Waals surface area contributed by atoms with Gasteiger partial charge in [-0.3, -0.25) is 4.79 Å². The molecule has 25 heavy (non-hydrogen) atoms. The zero-order valence-electron chi connectivity index (χ0n) is 15.5. The van der Waals surface area contributed by atoms with E-state index >= 15 is 0 Å². The van der Waals surface area contributed by atoms with Gasteiger partial charge in [0.15, 0.2) is 0 Å². The van der Waals surface area contributed by atoms with Gasteiger partial charge in [-0.2, -0.15) is 11.8 Å². The average molecular weight is 412 g/mol. The normalized spacial score (nSPS) is 28.8. The minimum absolute atomic E-state index is 0. The minimum Gasteiger partial charge on any atom is -0.342 e. The molecule has 0 aromatic rings. The molecular weight excluding hydrogens is 377 g/mol. The maximum absolute atomic E-state index is 12.6. The van der Waals surface area contributed by atoms with Crippen LogP contribution in [0.15, 0.2) is 0 Å². The van der Waals surface area contributed by atoms with Gasteiger partial charge in [0, 0.05) is 50.1 Å². The molecule has 3 aliphatic heterocycles. The second-order valence-corrected chi connectivity index (χ2v) is 8.91. The standard InChI is InChI=1S/C18H33N3OS.2ClH/c1-15-4-8-20(9-5-15)12-16-3-2-7-21(13-16)18(22)11-17-14-23-10-6-19-17;;/h15-17,19H,2-14H2,1H3;2*1H. The van der Waals surface area contributed by atoms with Gasteiger partial charge in [0.25, 0.3) is 0 Å². The summed E-state index contributed by atoms with van der Waals surface area (Å²) in [6.45, 7) is 9.11. The van der Waals surface area contributed by atoms with E-state index in [0.29, 0.717) is 24.3 Å². The molecule has 4 nitrogen and oxygen atoms in total. The van der Waals surface area contributed by atoms with Gasteiger partial charge >= 0.3 is 0 Å². The number of carbonyl (C=O) groups excluding carboxylic acids is 1. The zero-order valence-corrected chi connectivity index (χ0v) is 17.9. The Labute approximate surface area is 170 Å². The number of piperidine rings is 2. The van der Waals surface area contributed by atoms with Crippen molar-refractivity contribution in [1.29, 1.82) is 0 Å². The van der Waals surface area contributed by atoms with Gasteiger partial charge in [-0.1, -0.05) is 6.92 Å². The van der Waals surface area contributed by atoms with E-state index in [-0.39, 0.29) is 24.8 Å². The number of halogens is 2. The number of nitrogens with zero attached hydrogens (tertiary/aromatic N) is 2. The van der Waals surface area contributed by atoms with Crippen molar-refractivity contribution in [2.75, 3.05) is 50.8 Å². The van der Waals surface area contributed by atoms with Gasteiger partial charge in [-0.15, -0.1) is 24.8 Å². The molecule has 0 aromatic heterocycles. The van der Waals surface area contributed by atoms with E-state index in [1.165, 1.54) is 51.1 Å². The van der Waals surface area contributed by atoms with Crippen molar-refractivity contribution in [2.24, 2.45) is 11.8 Å². The highest BCUT2D eigenvalue weighted by atomic mass is 35.5. The summed E-state index contributed by atoms with van der Waals surface area (Å²) in [5.41, 5.74) is 0. The van der Waals surface area contributed by atoms with Crippen LogP contribution in [0.25, 0.3) is 0 Å². The molecule has 7 heteroatoms. The number of nitrogens with one attached hydrogen (secondary N) is 1. The molecule has 3 aliphatic rings. The number of amides is 1. The molecule has 0 bridgehead atoms. The number of hydrogen-bond donors (Lipinski definition) is 1. The fourth-order valence-electron chi connectivity index (χ4n) is 4.14. The van der Waals surface area contributed by atoms with E-state index in [1.54, 1.807) is 0 Å². The molecule has 0 spiro atoms. The van der Waals surface area contributed by atoms with Crippen LogP contribution in [0.1, 0.15) is 39.0 Å². The molecule has 2 atom stereocenters. The van der Waals surface area contributed by atoms with Crippen LogP contribution < -0.4 is 5.32 Å². The summed E-state index contributed by atoms with van der Waals surface area (Å²) in [5, 5.41) is 3.49. The lowest BCUT2D eigenvalue weighted by Gasteiger charge is -2.38. The first kappa shape index (κ1) is 23.4. The fraction of sp³-hybridized carbons (Fsp3) is 0.944. The highest BCUT2D eigenvalue weighted by Gasteiger charge is 2.28. The molecule has 2 unspecified atom stereocenters. The van der Waals surface area contributed by atoms with Crippen molar-refractivity contribution in [3.05, 3.63) is 0 Å². The lowest BCUT2D eigenvalue weighted by Crippen LogP contribution is -2.47. The summed E-state index contributed by atoms with van der Waals surface area (Å²) < 4.78 is 0. The van der Waals surface area contributed by atoms with Gasteiger partial charge in [0.05, 0.1) is 0 Å². The molecule has 3 heterocycles. The van der Waals surface area contributed by atoms with Crippen molar-refractivity contribution in [3.63, 3.8) is 0 Å². The second kappa shape index (κ2) is 11.9. The summed E-state index contributed by atoms with van der Waals surface area (Å²) in [4.78, 5) is 17.4. The van der Waals surface area contributed by atoms with Crippen LogP contribution in [0, 0.1) is 11.8 Å². The molecule has 3 rings (SSSR count). The number of rotatable bonds is 4. The Kier molecular flexibility index (Phi) is 11.1.